The van der Waals surface area contributed by atoms with Gasteiger partial charge in [-0.15, -0.1) is 0 Å². The van der Waals surface area contributed by atoms with Gasteiger partial charge < -0.3 is 19.2 Å². The van der Waals surface area contributed by atoms with Gasteiger partial charge in [-0.3, -0.25) is 4.79 Å². The molecule has 0 bridgehead atoms. The van der Waals surface area contributed by atoms with Crippen LogP contribution in [-0.4, -0.2) is 19.1 Å². The molecule has 5 heteroatoms. The van der Waals surface area contributed by atoms with E-state index >= 15 is 0 Å². The number of amides is 1. The van der Waals surface area contributed by atoms with Crippen molar-refractivity contribution in [3.05, 3.63) is 47.9 Å². The molecule has 116 valence electrons. The minimum atomic E-state index is -0.0834. The second-order valence-corrected chi connectivity index (χ2v) is 5.27. The summed E-state index contributed by atoms with van der Waals surface area (Å²) in [6.45, 7) is 3.09. The summed E-state index contributed by atoms with van der Waals surface area (Å²) in [7, 11) is 0. The Morgan fingerprint density at radius 3 is 2.82 bits per heavy atom. The largest absolute Gasteiger partial charge is 0.486 e. The normalized spacial score (nSPS) is 14.4. The first-order valence-corrected chi connectivity index (χ1v) is 7.43. The van der Waals surface area contributed by atoms with Crippen molar-refractivity contribution in [2.45, 2.75) is 25.8 Å². The molecule has 3 rings (SSSR count). The summed E-state index contributed by atoms with van der Waals surface area (Å²) in [4.78, 5) is 12.0. The summed E-state index contributed by atoms with van der Waals surface area (Å²) in [5.41, 5.74) is 0.996. The average molecular weight is 301 g/mol. The van der Waals surface area contributed by atoms with Crippen molar-refractivity contribution >= 4 is 5.91 Å². The van der Waals surface area contributed by atoms with Gasteiger partial charge in [0.25, 0.3) is 0 Å². The molecule has 1 atom stereocenters. The molecule has 22 heavy (non-hydrogen) atoms. The standard InChI is InChI=1S/C17H19NO4/c1-12(18-17(19)7-5-14-3-2-8-20-14)13-4-6-15-16(11-13)22-10-9-21-15/h2-4,6,8,11-12H,5,7,9-10H2,1H3,(H,18,19)/t12-/m0/s1. The minimum absolute atomic E-state index is 0.00112. The van der Waals surface area contributed by atoms with E-state index < -0.39 is 0 Å². The summed E-state index contributed by atoms with van der Waals surface area (Å²) in [6, 6.07) is 9.37. The Bertz CT molecular complexity index is 636. The van der Waals surface area contributed by atoms with E-state index in [0.717, 1.165) is 22.8 Å². The number of nitrogens with one attached hydrogen (secondary N) is 1. The zero-order valence-electron chi connectivity index (χ0n) is 12.5. The van der Waals surface area contributed by atoms with Gasteiger partial charge in [-0.05, 0) is 36.8 Å². The van der Waals surface area contributed by atoms with Gasteiger partial charge in [0, 0.05) is 12.8 Å². The SMILES string of the molecule is C[C@H](NC(=O)CCc1ccco1)c1ccc2c(c1)OCCO2. The number of rotatable bonds is 5. The topological polar surface area (TPSA) is 60.7 Å². The molecule has 1 aliphatic heterocycles. The highest BCUT2D eigenvalue weighted by atomic mass is 16.6. The molecule has 1 amide bonds. The Hall–Kier alpha value is -2.43. The molecule has 5 nitrogen and oxygen atoms in total. The van der Waals surface area contributed by atoms with E-state index in [1.54, 1.807) is 6.26 Å². The lowest BCUT2D eigenvalue weighted by Gasteiger charge is -2.21. The third-order valence-electron chi connectivity index (χ3n) is 3.62. The summed E-state index contributed by atoms with van der Waals surface area (Å²) < 4.78 is 16.3. The highest BCUT2D eigenvalue weighted by Crippen LogP contribution is 2.32. The zero-order chi connectivity index (χ0) is 15.4. The van der Waals surface area contributed by atoms with Gasteiger partial charge in [-0.1, -0.05) is 6.07 Å². The van der Waals surface area contributed by atoms with Gasteiger partial charge in [0.05, 0.1) is 12.3 Å². The molecule has 2 aromatic rings. The van der Waals surface area contributed by atoms with Crippen molar-refractivity contribution in [3.8, 4) is 11.5 Å². The number of aryl methyl sites for hydroxylation is 1. The van der Waals surface area contributed by atoms with Crippen molar-refractivity contribution in [1.82, 2.24) is 5.32 Å². The van der Waals surface area contributed by atoms with Gasteiger partial charge in [0.1, 0.15) is 19.0 Å². The number of furan rings is 1. The molecule has 0 radical (unpaired) electrons. The number of ether oxygens (including phenoxy) is 2. The highest BCUT2D eigenvalue weighted by molar-refractivity contribution is 5.76. The second kappa shape index (κ2) is 6.56. The quantitative estimate of drug-likeness (QED) is 0.922. The minimum Gasteiger partial charge on any atom is -0.486 e. The van der Waals surface area contributed by atoms with E-state index in [1.807, 2.05) is 37.3 Å². The smallest absolute Gasteiger partial charge is 0.220 e. The summed E-state index contributed by atoms with van der Waals surface area (Å²) in [5, 5.41) is 2.99. The van der Waals surface area contributed by atoms with Crippen LogP contribution in [-0.2, 0) is 11.2 Å². The number of fused-ring (bicyclic) bond motifs is 1. The van der Waals surface area contributed by atoms with Crippen molar-refractivity contribution in [1.29, 1.82) is 0 Å². The maximum absolute atomic E-state index is 12.0. The van der Waals surface area contributed by atoms with Crippen LogP contribution >= 0.6 is 0 Å². The first kappa shape index (κ1) is 14.5. The second-order valence-electron chi connectivity index (χ2n) is 5.27. The first-order chi connectivity index (χ1) is 10.7. The third-order valence-corrected chi connectivity index (χ3v) is 3.62. The number of carbonyl (C=O) groups excluding carboxylic acids is 1. The van der Waals surface area contributed by atoms with E-state index in [0.29, 0.717) is 26.1 Å². The fourth-order valence-electron chi connectivity index (χ4n) is 2.42. The van der Waals surface area contributed by atoms with Crippen molar-refractivity contribution in [2.75, 3.05) is 13.2 Å². The Morgan fingerprint density at radius 1 is 1.23 bits per heavy atom. The van der Waals surface area contributed by atoms with Gasteiger partial charge in [-0.2, -0.15) is 0 Å². The van der Waals surface area contributed by atoms with Crippen LogP contribution in [0.3, 0.4) is 0 Å². The zero-order valence-corrected chi connectivity index (χ0v) is 12.5. The molecule has 1 N–H and O–H groups in total. The Labute approximate surface area is 129 Å². The molecule has 1 aliphatic rings. The number of hydrogen-bond donors (Lipinski definition) is 1. The monoisotopic (exact) mass is 301 g/mol. The fourth-order valence-corrected chi connectivity index (χ4v) is 2.42. The molecule has 0 spiro atoms. The predicted molar refractivity (Wildman–Crippen MR) is 81.0 cm³/mol. The molecule has 0 aliphatic carbocycles. The van der Waals surface area contributed by atoms with Crippen molar-refractivity contribution < 1.29 is 18.7 Å². The van der Waals surface area contributed by atoms with Crippen LogP contribution in [0.5, 0.6) is 11.5 Å². The van der Waals surface area contributed by atoms with Crippen LogP contribution in [0.1, 0.15) is 30.7 Å². The van der Waals surface area contributed by atoms with Gasteiger partial charge >= 0.3 is 0 Å². The molecule has 1 aromatic heterocycles. The Balaban J connectivity index is 1.56. The molecule has 0 saturated heterocycles. The highest BCUT2D eigenvalue weighted by Gasteiger charge is 2.15. The molecular formula is C17H19NO4. The van der Waals surface area contributed by atoms with Crippen molar-refractivity contribution in [3.63, 3.8) is 0 Å². The van der Waals surface area contributed by atoms with Crippen LogP contribution in [0.2, 0.25) is 0 Å². The molecule has 0 unspecified atom stereocenters. The van der Waals surface area contributed by atoms with E-state index in [1.165, 1.54) is 0 Å². The molecule has 1 aromatic carbocycles. The van der Waals surface area contributed by atoms with Crippen LogP contribution in [0, 0.1) is 0 Å². The lowest BCUT2D eigenvalue weighted by atomic mass is 10.1. The molecular weight excluding hydrogens is 282 g/mol. The molecule has 0 fully saturated rings. The van der Waals surface area contributed by atoms with Crippen LogP contribution in [0.25, 0.3) is 0 Å². The van der Waals surface area contributed by atoms with Crippen LogP contribution in [0.15, 0.2) is 41.0 Å². The van der Waals surface area contributed by atoms with E-state index in [-0.39, 0.29) is 11.9 Å². The third kappa shape index (κ3) is 3.42. The summed E-state index contributed by atoms with van der Waals surface area (Å²) in [5.74, 6) is 2.31. The van der Waals surface area contributed by atoms with Crippen LogP contribution < -0.4 is 14.8 Å². The Kier molecular flexibility index (Phi) is 4.32. The van der Waals surface area contributed by atoms with Gasteiger partial charge in [0.2, 0.25) is 5.91 Å². The lowest BCUT2D eigenvalue weighted by Crippen LogP contribution is -2.27. The van der Waals surface area contributed by atoms with Crippen molar-refractivity contribution in [2.24, 2.45) is 0 Å². The summed E-state index contributed by atoms with van der Waals surface area (Å²) >= 11 is 0. The molecule has 0 saturated carbocycles. The van der Waals surface area contributed by atoms with Gasteiger partial charge in [0.15, 0.2) is 11.5 Å². The first-order valence-electron chi connectivity index (χ1n) is 7.43. The van der Waals surface area contributed by atoms with E-state index in [9.17, 15) is 4.79 Å². The van der Waals surface area contributed by atoms with Gasteiger partial charge in [-0.25, -0.2) is 0 Å². The lowest BCUT2D eigenvalue weighted by molar-refractivity contribution is -0.121. The van der Waals surface area contributed by atoms with Crippen LogP contribution in [0.4, 0.5) is 0 Å². The predicted octanol–water partition coefficient (Wildman–Crippen LogP) is 2.86. The summed E-state index contributed by atoms with van der Waals surface area (Å²) in [6.07, 6.45) is 2.63. The Morgan fingerprint density at radius 2 is 2.05 bits per heavy atom. The number of benzene rings is 1. The maximum atomic E-state index is 12.0. The fraction of sp³-hybridized carbons (Fsp3) is 0.353. The number of carbonyl (C=O) groups is 1. The van der Waals surface area contributed by atoms with E-state index in [2.05, 4.69) is 5.32 Å². The number of hydrogen-bond acceptors (Lipinski definition) is 4. The average Bonchev–Trinajstić information content (AvgIpc) is 3.06. The van der Waals surface area contributed by atoms with E-state index in [4.69, 9.17) is 13.9 Å². The molecule has 2 heterocycles. The maximum Gasteiger partial charge on any atom is 0.220 e.